The van der Waals surface area contributed by atoms with Crippen molar-refractivity contribution in [3.05, 3.63) is 35.9 Å². The number of ether oxygens (including phenoxy) is 1. The summed E-state index contributed by atoms with van der Waals surface area (Å²) in [5.74, 6) is -1.48. The molecule has 0 saturated heterocycles. The molecule has 0 heterocycles. The van der Waals surface area contributed by atoms with E-state index < -0.39 is 17.2 Å². The molecule has 17 heavy (non-hydrogen) atoms. The van der Waals surface area contributed by atoms with Crippen LogP contribution in [0.25, 0.3) is 0 Å². The first kappa shape index (κ1) is 13.6. The van der Waals surface area contributed by atoms with Crippen LogP contribution in [0.5, 0.6) is 0 Å². The van der Waals surface area contributed by atoms with Crippen molar-refractivity contribution >= 4 is 23.7 Å². The normalized spacial score (nSPS) is 11.8. The molecule has 5 heteroatoms. The lowest BCUT2D eigenvalue weighted by Crippen LogP contribution is -2.23. The summed E-state index contributed by atoms with van der Waals surface area (Å²) in [5, 5.41) is 7.99. The van der Waals surface area contributed by atoms with Crippen molar-refractivity contribution in [3.8, 4) is 0 Å². The standard InChI is InChI=1S/C12H14O4S/c1-17-10(7-11(13)14)12(15)16-8-9-5-3-2-4-6-9/h2-6,10H,7-8H2,1H3,(H,13,14)/t10-/m1/s1. The van der Waals surface area contributed by atoms with Gasteiger partial charge < -0.3 is 9.84 Å². The van der Waals surface area contributed by atoms with Crippen molar-refractivity contribution in [2.45, 2.75) is 18.3 Å². The van der Waals surface area contributed by atoms with Crippen molar-refractivity contribution in [3.63, 3.8) is 0 Å². The highest BCUT2D eigenvalue weighted by molar-refractivity contribution is 7.99. The fourth-order valence-corrected chi connectivity index (χ4v) is 1.81. The smallest absolute Gasteiger partial charge is 0.319 e. The number of thioether (sulfide) groups is 1. The molecule has 0 radical (unpaired) electrons. The Hall–Kier alpha value is -1.49. The van der Waals surface area contributed by atoms with Gasteiger partial charge in [-0.1, -0.05) is 30.3 Å². The summed E-state index contributed by atoms with van der Waals surface area (Å²) in [5.41, 5.74) is 0.885. The number of aliphatic carboxylic acids is 1. The van der Waals surface area contributed by atoms with Gasteiger partial charge in [-0.25, -0.2) is 0 Å². The van der Waals surface area contributed by atoms with Gasteiger partial charge in [-0.2, -0.15) is 0 Å². The van der Waals surface area contributed by atoms with Crippen LogP contribution in [-0.4, -0.2) is 28.6 Å². The van der Waals surface area contributed by atoms with E-state index in [-0.39, 0.29) is 13.0 Å². The zero-order valence-electron chi connectivity index (χ0n) is 9.46. The van der Waals surface area contributed by atoms with E-state index in [0.29, 0.717) is 0 Å². The van der Waals surface area contributed by atoms with E-state index >= 15 is 0 Å². The maximum Gasteiger partial charge on any atom is 0.319 e. The molecule has 0 bridgehead atoms. The molecule has 0 spiro atoms. The van der Waals surface area contributed by atoms with Gasteiger partial charge in [0.1, 0.15) is 11.9 Å². The summed E-state index contributed by atoms with van der Waals surface area (Å²) in [6.45, 7) is 0.177. The fraction of sp³-hybridized carbons (Fsp3) is 0.333. The first-order chi connectivity index (χ1) is 8.13. The van der Waals surface area contributed by atoms with Gasteiger partial charge in [-0.05, 0) is 11.8 Å². The third kappa shape index (κ3) is 4.91. The molecule has 0 aliphatic carbocycles. The van der Waals surface area contributed by atoms with Gasteiger partial charge in [0, 0.05) is 0 Å². The second-order valence-corrected chi connectivity index (χ2v) is 4.46. The number of carboxylic acid groups (broad SMARTS) is 1. The van der Waals surface area contributed by atoms with E-state index in [0.717, 1.165) is 5.56 Å². The number of esters is 1. The van der Waals surface area contributed by atoms with Crippen LogP contribution in [0.4, 0.5) is 0 Å². The summed E-state index contributed by atoms with van der Waals surface area (Å²) in [4.78, 5) is 22.1. The third-order valence-electron chi connectivity index (χ3n) is 2.13. The number of hydrogen-bond acceptors (Lipinski definition) is 4. The van der Waals surface area contributed by atoms with Crippen molar-refractivity contribution in [2.75, 3.05) is 6.26 Å². The minimum absolute atomic E-state index is 0.177. The van der Waals surface area contributed by atoms with E-state index in [2.05, 4.69) is 0 Å². The van der Waals surface area contributed by atoms with Gasteiger partial charge in [0.15, 0.2) is 0 Å². The van der Waals surface area contributed by atoms with Gasteiger partial charge >= 0.3 is 11.9 Å². The summed E-state index contributed by atoms with van der Waals surface area (Å²) >= 11 is 1.19. The van der Waals surface area contributed by atoms with Gasteiger partial charge in [0.25, 0.3) is 0 Å². The Morgan fingerprint density at radius 1 is 1.35 bits per heavy atom. The summed E-state index contributed by atoms with van der Waals surface area (Å²) in [6.07, 6.45) is 1.48. The number of hydrogen-bond donors (Lipinski definition) is 1. The Bertz CT molecular complexity index is 377. The molecule has 0 aliphatic heterocycles. The van der Waals surface area contributed by atoms with Crippen LogP contribution in [0, 0.1) is 0 Å². The first-order valence-electron chi connectivity index (χ1n) is 5.08. The Morgan fingerprint density at radius 3 is 2.53 bits per heavy atom. The zero-order chi connectivity index (χ0) is 12.7. The second kappa shape index (κ2) is 6.96. The lowest BCUT2D eigenvalue weighted by atomic mass is 10.2. The Balaban J connectivity index is 2.45. The number of carbonyl (C=O) groups is 2. The van der Waals surface area contributed by atoms with E-state index in [1.807, 2.05) is 30.3 Å². The van der Waals surface area contributed by atoms with Crippen LogP contribution in [0.15, 0.2) is 30.3 Å². The average Bonchev–Trinajstić information content (AvgIpc) is 2.34. The molecule has 0 amide bonds. The van der Waals surface area contributed by atoms with Crippen LogP contribution < -0.4 is 0 Å². The molecule has 0 saturated carbocycles. The highest BCUT2D eigenvalue weighted by Gasteiger charge is 2.21. The third-order valence-corrected chi connectivity index (χ3v) is 3.06. The fourth-order valence-electron chi connectivity index (χ4n) is 1.24. The Morgan fingerprint density at radius 2 is 2.00 bits per heavy atom. The second-order valence-electron chi connectivity index (χ2n) is 3.42. The minimum atomic E-state index is -0.999. The van der Waals surface area contributed by atoms with Gasteiger partial charge in [-0.3, -0.25) is 9.59 Å². The predicted molar refractivity (Wildman–Crippen MR) is 65.8 cm³/mol. The van der Waals surface area contributed by atoms with E-state index in [9.17, 15) is 9.59 Å². The van der Waals surface area contributed by atoms with Crippen LogP contribution >= 0.6 is 11.8 Å². The SMILES string of the molecule is CS[C@H](CC(=O)O)C(=O)OCc1ccccc1. The number of rotatable bonds is 6. The van der Waals surface area contributed by atoms with E-state index in [1.165, 1.54) is 11.8 Å². The molecule has 0 fully saturated rings. The first-order valence-corrected chi connectivity index (χ1v) is 6.37. The zero-order valence-corrected chi connectivity index (χ0v) is 10.3. The van der Waals surface area contributed by atoms with Crippen LogP contribution in [0.1, 0.15) is 12.0 Å². The van der Waals surface area contributed by atoms with Crippen molar-refractivity contribution in [1.29, 1.82) is 0 Å². The lowest BCUT2D eigenvalue weighted by Gasteiger charge is -2.11. The van der Waals surface area contributed by atoms with Crippen molar-refractivity contribution in [1.82, 2.24) is 0 Å². The molecule has 1 N–H and O–H groups in total. The molecule has 1 aromatic carbocycles. The predicted octanol–water partition coefficient (Wildman–Crippen LogP) is 1.94. The quantitative estimate of drug-likeness (QED) is 0.786. The number of benzene rings is 1. The monoisotopic (exact) mass is 254 g/mol. The topological polar surface area (TPSA) is 63.6 Å². The summed E-state index contributed by atoms with van der Waals surface area (Å²) in [7, 11) is 0. The molecule has 1 rings (SSSR count). The van der Waals surface area contributed by atoms with Crippen molar-refractivity contribution in [2.24, 2.45) is 0 Å². The van der Waals surface area contributed by atoms with Crippen LogP contribution in [0.3, 0.4) is 0 Å². The Kier molecular flexibility index (Phi) is 5.56. The van der Waals surface area contributed by atoms with Crippen LogP contribution in [-0.2, 0) is 20.9 Å². The van der Waals surface area contributed by atoms with Gasteiger partial charge in [0.2, 0.25) is 0 Å². The molecule has 1 atom stereocenters. The summed E-state index contributed by atoms with van der Waals surface area (Å²) < 4.78 is 5.06. The largest absolute Gasteiger partial charge is 0.481 e. The number of carboxylic acids is 1. The van der Waals surface area contributed by atoms with Gasteiger partial charge in [-0.15, -0.1) is 11.8 Å². The molecule has 0 aromatic heterocycles. The maximum absolute atomic E-state index is 11.6. The molecule has 1 aromatic rings. The molecule has 0 aliphatic rings. The van der Waals surface area contributed by atoms with E-state index in [1.54, 1.807) is 6.26 Å². The van der Waals surface area contributed by atoms with Gasteiger partial charge in [0.05, 0.1) is 6.42 Å². The molecule has 0 unspecified atom stereocenters. The van der Waals surface area contributed by atoms with Crippen LogP contribution in [0.2, 0.25) is 0 Å². The lowest BCUT2D eigenvalue weighted by molar-refractivity contribution is -0.148. The molecule has 92 valence electrons. The van der Waals surface area contributed by atoms with E-state index in [4.69, 9.17) is 9.84 Å². The maximum atomic E-state index is 11.6. The highest BCUT2D eigenvalue weighted by atomic mass is 32.2. The highest BCUT2D eigenvalue weighted by Crippen LogP contribution is 2.14. The molecular formula is C12H14O4S. The molecular weight excluding hydrogens is 240 g/mol. The average molecular weight is 254 g/mol. The number of carbonyl (C=O) groups excluding carboxylic acids is 1. The summed E-state index contributed by atoms with van der Waals surface area (Å²) in [6, 6.07) is 9.27. The Labute approximate surface area is 104 Å². The molecule has 4 nitrogen and oxygen atoms in total. The van der Waals surface area contributed by atoms with Crippen molar-refractivity contribution < 1.29 is 19.4 Å². The minimum Gasteiger partial charge on any atom is -0.481 e.